The molecule has 0 saturated heterocycles. The fourth-order valence-electron chi connectivity index (χ4n) is 1.88. The number of benzene rings is 1. The highest BCUT2D eigenvalue weighted by atomic mass is 35.5. The molecule has 102 valence electrons. The monoisotopic (exact) mass is 281 g/mol. The van der Waals surface area contributed by atoms with Crippen LogP contribution < -0.4 is 5.73 Å². The fourth-order valence-corrected chi connectivity index (χ4v) is 2.09. The fraction of sp³-hybridized carbons (Fsp3) is 0.417. The van der Waals surface area contributed by atoms with Crippen molar-refractivity contribution in [2.75, 3.05) is 19.5 Å². The van der Waals surface area contributed by atoms with E-state index < -0.39 is 0 Å². The van der Waals surface area contributed by atoms with Crippen LogP contribution in [0, 0.1) is 0 Å². The van der Waals surface area contributed by atoms with Crippen LogP contribution in [0.25, 0.3) is 11.4 Å². The predicted octanol–water partition coefficient (Wildman–Crippen LogP) is 2.17. The lowest BCUT2D eigenvalue weighted by Gasteiger charge is -2.16. The third-order valence-corrected chi connectivity index (χ3v) is 3.23. The highest BCUT2D eigenvalue weighted by molar-refractivity contribution is 6.33. The van der Waals surface area contributed by atoms with Gasteiger partial charge in [-0.05, 0) is 35.0 Å². The average molecular weight is 282 g/mol. The molecule has 7 heteroatoms. The molecule has 0 spiro atoms. The van der Waals surface area contributed by atoms with Gasteiger partial charge in [-0.2, -0.15) is 0 Å². The number of nitrogens with two attached hydrogens (primary N) is 1. The summed E-state index contributed by atoms with van der Waals surface area (Å²) in [7, 11) is 1.65. The van der Waals surface area contributed by atoms with Crippen molar-refractivity contribution in [2.24, 2.45) is 0 Å². The Hall–Kier alpha value is -1.66. The van der Waals surface area contributed by atoms with Crippen molar-refractivity contribution < 1.29 is 4.74 Å². The van der Waals surface area contributed by atoms with Gasteiger partial charge in [0.1, 0.15) is 0 Å². The minimum Gasteiger partial charge on any atom is -0.399 e. The first-order chi connectivity index (χ1) is 9.17. The Labute approximate surface area is 116 Å². The maximum Gasteiger partial charge on any atom is 0.183 e. The Morgan fingerprint density at radius 3 is 2.95 bits per heavy atom. The van der Waals surface area contributed by atoms with Crippen LogP contribution in [0.15, 0.2) is 18.2 Å². The predicted molar refractivity (Wildman–Crippen MR) is 73.9 cm³/mol. The van der Waals surface area contributed by atoms with Gasteiger partial charge in [0.25, 0.3) is 0 Å². The average Bonchev–Trinajstić information content (AvgIpc) is 2.87. The molecule has 1 unspecified atom stereocenters. The summed E-state index contributed by atoms with van der Waals surface area (Å²) in [5, 5.41) is 12.4. The molecule has 0 aliphatic heterocycles. The summed E-state index contributed by atoms with van der Waals surface area (Å²) in [5.74, 6) is 0.598. The molecule has 19 heavy (non-hydrogen) atoms. The van der Waals surface area contributed by atoms with Crippen molar-refractivity contribution in [2.45, 2.75) is 19.4 Å². The number of anilines is 1. The number of tetrazole rings is 1. The molecule has 1 heterocycles. The molecule has 0 radical (unpaired) electrons. The SMILES string of the molecule is CCC(COC)n1nnnc1-c1cc(N)ccc1Cl. The smallest absolute Gasteiger partial charge is 0.183 e. The van der Waals surface area contributed by atoms with Crippen molar-refractivity contribution in [1.82, 2.24) is 20.2 Å². The van der Waals surface area contributed by atoms with E-state index in [0.29, 0.717) is 23.1 Å². The lowest BCUT2D eigenvalue weighted by molar-refractivity contribution is 0.147. The van der Waals surface area contributed by atoms with Crippen LogP contribution in [0.4, 0.5) is 5.69 Å². The number of halogens is 1. The van der Waals surface area contributed by atoms with E-state index in [-0.39, 0.29) is 6.04 Å². The molecule has 0 bridgehead atoms. The molecule has 1 atom stereocenters. The molecule has 0 aliphatic carbocycles. The van der Waals surface area contributed by atoms with E-state index in [0.717, 1.165) is 12.0 Å². The zero-order chi connectivity index (χ0) is 13.8. The Morgan fingerprint density at radius 2 is 2.26 bits per heavy atom. The highest BCUT2D eigenvalue weighted by Crippen LogP contribution is 2.29. The van der Waals surface area contributed by atoms with Crippen LogP contribution in [-0.2, 0) is 4.74 Å². The third kappa shape index (κ3) is 2.85. The minimum atomic E-state index is 0.0625. The van der Waals surface area contributed by atoms with E-state index in [1.165, 1.54) is 0 Å². The number of rotatable bonds is 5. The maximum atomic E-state index is 6.19. The van der Waals surface area contributed by atoms with Crippen molar-refractivity contribution in [3.05, 3.63) is 23.2 Å². The van der Waals surface area contributed by atoms with E-state index in [9.17, 15) is 0 Å². The second-order valence-corrected chi connectivity index (χ2v) is 4.61. The summed E-state index contributed by atoms with van der Waals surface area (Å²) in [6, 6.07) is 5.31. The van der Waals surface area contributed by atoms with Gasteiger partial charge in [0, 0.05) is 18.4 Å². The molecule has 2 aromatic rings. The quantitative estimate of drug-likeness (QED) is 0.850. The summed E-state index contributed by atoms with van der Waals surface area (Å²) in [6.07, 6.45) is 0.853. The van der Waals surface area contributed by atoms with Crippen molar-refractivity contribution in [3.8, 4) is 11.4 Å². The summed E-state index contributed by atoms with van der Waals surface area (Å²) >= 11 is 6.19. The van der Waals surface area contributed by atoms with Crippen molar-refractivity contribution in [3.63, 3.8) is 0 Å². The number of aromatic nitrogens is 4. The third-order valence-electron chi connectivity index (χ3n) is 2.90. The number of hydrogen-bond donors (Lipinski definition) is 1. The van der Waals surface area contributed by atoms with E-state index >= 15 is 0 Å². The molecule has 1 aromatic heterocycles. The molecular formula is C12H16ClN5O. The molecule has 2 rings (SSSR count). The Morgan fingerprint density at radius 1 is 1.47 bits per heavy atom. The summed E-state index contributed by atoms with van der Waals surface area (Å²) in [6.45, 7) is 2.59. The largest absolute Gasteiger partial charge is 0.399 e. The maximum absolute atomic E-state index is 6.19. The second-order valence-electron chi connectivity index (χ2n) is 4.20. The van der Waals surface area contributed by atoms with Gasteiger partial charge in [-0.15, -0.1) is 5.10 Å². The molecule has 0 amide bonds. The second kappa shape index (κ2) is 5.99. The number of methoxy groups -OCH3 is 1. The van der Waals surface area contributed by atoms with Gasteiger partial charge in [-0.3, -0.25) is 0 Å². The normalized spacial score (nSPS) is 12.6. The van der Waals surface area contributed by atoms with E-state index in [4.69, 9.17) is 22.1 Å². The number of hydrogen-bond acceptors (Lipinski definition) is 5. The van der Waals surface area contributed by atoms with Crippen LogP contribution >= 0.6 is 11.6 Å². The first-order valence-corrected chi connectivity index (χ1v) is 6.37. The zero-order valence-electron chi connectivity index (χ0n) is 10.9. The zero-order valence-corrected chi connectivity index (χ0v) is 11.6. The van der Waals surface area contributed by atoms with Crippen molar-refractivity contribution in [1.29, 1.82) is 0 Å². The molecule has 6 nitrogen and oxygen atoms in total. The molecule has 2 N–H and O–H groups in total. The first-order valence-electron chi connectivity index (χ1n) is 5.99. The van der Waals surface area contributed by atoms with Crippen LogP contribution in [-0.4, -0.2) is 33.9 Å². The summed E-state index contributed by atoms with van der Waals surface area (Å²) in [5.41, 5.74) is 7.13. The van der Waals surface area contributed by atoms with Crippen molar-refractivity contribution >= 4 is 17.3 Å². The van der Waals surface area contributed by atoms with Crippen LogP contribution in [0.3, 0.4) is 0 Å². The standard InChI is InChI=1S/C12H16ClN5O/c1-3-9(7-19-2)18-12(15-16-17-18)10-6-8(14)4-5-11(10)13/h4-6,9H,3,7,14H2,1-2H3. The minimum absolute atomic E-state index is 0.0625. The van der Waals surface area contributed by atoms with Gasteiger partial charge in [0.15, 0.2) is 5.82 Å². The number of nitrogen functional groups attached to an aromatic ring is 1. The Bertz CT molecular complexity index is 557. The van der Waals surface area contributed by atoms with Gasteiger partial charge in [-0.25, -0.2) is 4.68 Å². The number of nitrogens with zero attached hydrogens (tertiary/aromatic N) is 4. The first kappa shape index (κ1) is 13.8. The van der Waals surface area contributed by atoms with Crippen LogP contribution in [0.5, 0.6) is 0 Å². The molecule has 0 saturated carbocycles. The molecular weight excluding hydrogens is 266 g/mol. The number of ether oxygens (including phenoxy) is 1. The van der Waals surface area contributed by atoms with E-state index in [2.05, 4.69) is 22.4 Å². The van der Waals surface area contributed by atoms with Gasteiger partial charge < -0.3 is 10.5 Å². The van der Waals surface area contributed by atoms with Gasteiger partial charge in [0.05, 0.1) is 17.7 Å². The lowest BCUT2D eigenvalue weighted by atomic mass is 10.1. The Balaban J connectivity index is 2.46. The summed E-state index contributed by atoms with van der Waals surface area (Å²) in [4.78, 5) is 0. The highest BCUT2D eigenvalue weighted by Gasteiger charge is 2.18. The summed E-state index contributed by atoms with van der Waals surface area (Å²) < 4.78 is 6.92. The van der Waals surface area contributed by atoms with E-state index in [1.807, 2.05) is 0 Å². The molecule has 0 aliphatic rings. The lowest BCUT2D eigenvalue weighted by Crippen LogP contribution is -2.16. The van der Waals surface area contributed by atoms with Gasteiger partial charge >= 0.3 is 0 Å². The molecule has 0 fully saturated rings. The van der Waals surface area contributed by atoms with Gasteiger partial charge in [0.2, 0.25) is 0 Å². The topological polar surface area (TPSA) is 78.8 Å². The van der Waals surface area contributed by atoms with Crippen LogP contribution in [0.2, 0.25) is 5.02 Å². The van der Waals surface area contributed by atoms with Gasteiger partial charge in [-0.1, -0.05) is 18.5 Å². The van der Waals surface area contributed by atoms with E-state index in [1.54, 1.807) is 30.0 Å². The molecule has 1 aromatic carbocycles. The van der Waals surface area contributed by atoms with Crippen LogP contribution in [0.1, 0.15) is 19.4 Å². The Kier molecular flexibility index (Phi) is 4.34.